The lowest BCUT2D eigenvalue weighted by Crippen LogP contribution is -2.34. The Labute approximate surface area is 106 Å². The molecule has 1 aromatic rings. The highest BCUT2D eigenvalue weighted by Gasteiger charge is 2.16. The smallest absolute Gasteiger partial charge is 0.254 e. The van der Waals surface area contributed by atoms with Crippen LogP contribution in [0.5, 0.6) is 0 Å². The SMILES string of the molecule is Cl.O=C(c1cccc(F)c1)N1CCCNCC1. The van der Waals surface area contributed by atoms with E-state index in [1.165, 1.54) is 12.1 Å². The molecule has 1 aliphatic rings. The zero-order valence-electron chi connectivity index (χ0n) is 9.49. The Morgan fingerprint density at radius 1 is 1.29 bits per heavy atom. The molecule has 1 heterocycles. The van der Waals surface area contributed by atoms with E-state index >= 15 is 0 Å². The van der Waals surface area contributed by atoms with Crippen LogP contribution in [0.2, 0.25) is 0 Å². The lowest BCUT2D eigenvalue weighted by molar-refractivity contribution is 0.0766. The maximum absolute atomic E-state index is 13.0. The van der Waals surface area contributed by atoms with E-state index in [1.807, 2.05) is 0 Å². The standard InChI is InChI=1S/C12H15FN2O.ClH/c13-11-4-1-3-10(9-11)12(16)15-7-2-5-14-6-8-15;/h1,3-4,9,14H,2,5-8H2;1H. The molecule has 17 heavy (non-hydrogen) atoms. The van der Waals surface area contributed by atoms with Gasteiger partial charge in [0.05, 0.1) is 0 Å². The van der Waals surface area contributed by atoms with Crippen LogP contribution in [0.1, 0.15) is 16.8 Å². The summed E-state index contributed by atoms with van der Waals surface area (Å²) in [5.74, 6) is -0.443. The molecular formula is C12H16ClFN2O. The van der Waals surface area contributed by atoms with E-state index in [4.69, 9.17) is 0 Å². The Morgan fingerprint density at radius 2 is 2.12 bits per heavy atom. The van der Waals surface area contributed by atoms with Gasteiger partial charge in [0.2, 0.25) is 0 Å². The van der Waals surface area contributed by atoms with Crippen LogP contribution in [-0.2, 0) is 0 Å². The van der Waals surface area contributed by atoms with Crippen LogP contribution in [0.15, 0.2) is 24.3 Å². The van der Waals surface area contributed by atoms with E-state index in [9.17, 15) is 9.18 Å². The van der Waals surface area contributed by atoms with Crippen LogP contribution in [0, 0.1) is 5.82 Å². The van der Waals surface area contributed by atoms with Crippen LogP contribution < -0.4 is 5.32 Å². The third kappa shape index (κ3) is 3.68. The first-order valence-electron chi connectivity index (χ1n) is 5.53. The van der Waals surface area contributed by atoms with Gasteiger partial charge in [-0.05, 0) is 31.2 Å². The van der Waals surface area contributed by atoms with Gasteiger partial charge in [0, 0.05) is 25.2 Å². The molecule has 1 saturated heterocycles. The van der Waals surface area contributed by atoms with Crippen molar-refractivity contribution in [1.82, 2.24) is 10.2 Å². The van der Waals surface area contributed by atoms with Crippen molar-refractivity contribution in [3.05, 3.63) is 35.6 Å². The van der Waals surface area contributed by atoms with Crippen LogP contribution in [0.4, 0.5) is 4.39 Å². The molecule has 0 atom stereocenters. The van der Waals surface area contributed by atoms with Gasteiger partial charge < -0.3 is 10.2 Å². The fourth-order valence-electron chi connectivity index (χ4n) is 1.85. The van der Waals surface area contributed by atoms with Crippen LogP contribution in [0.3, 0.4) is 0 Å². The van der Waals surface area contributed by atoms with Crippen molar-refractivity contribution in [3.63, 3.8) is 0 Å². The summed E-state index contributed by atoms with van der Waals surface area (Å²) in [6, 6.07) is 5.86. The average molecular weight is 259 g/mol. The fraction of sp³-hybridized carbons (Fsp3) is 0.417. The summed E-state index contributed by atoms with van der Waals surface area (Å²) in [5, 5.41) is 3.23. The molecule has 0 radical (unpaired) electrons. The van der Waals surface area contributed by atoms with E-state index in [-0.39, 0.29) is 24.1 Å². The third-order valence-electron chi connectivity index (χ3n) is 2.70. The van der Waals surface area contributed by atoms with Gasteiger partial charge >= 0.3 is 0 Å². The largest absolute Gasteiger partial charge is 0.337 e. The van der Waals surface area contributed by atoms with Crippen molar-refractivity contribution in [1.29, 1.82) is 0 Å². The van der Waals surface area contributed by atoms with Gasteiger partial charge in [-0.15, -0.1) is 12.4 Å². The monoisotopic (exact) mass is 258 g/mol. The summed E-state index contributed by atoms with van der Waals surface area (Å²) in [4.78, 5) is 13.8. The van der Waals surface area contributed by atoms with Gasteiger partial charge in [0.1, 0.15) is 5.82 Å². The first-order valence-corrected chi connectivity index (χ1v) is 5.53. The summed E-state index contributed by atoms with van der Waals surface area (Å²) in [6.45, 7) is 3.17. The van der Waals surface area contributed by atoms with Gasteiger partial charge in [0.25, 0.3) is 5.91 Å². The second-order valence-electron chi connectivity index (χ2n) is 3.91. The molecule has 1 fully saturated rings. The molecule has 0 aliphatic carbocycles. The Kier molecular flexibility index (Phi) is 5.38. The molecule has 0 unspecified atom stereocenters. The molecule has 0 bridgehead atoms. The predicted octanol–water partition coefficient (Wildman–Crippen LogP) is 1.68. The van der Waals surface area contributed by atoms with Crippen LogP contribution >= 0.6 is 12.4 Å². The number of carbonyl (C=O) groups excluding carboxylic acids is 1. The highest BCUT2D eigenvalue weighted by Crippen LogP contribution is 2.08. The molecule has 1 N–H and O–H groups in total. The molecule has 1 aromatic carbocycles. The second kappa shape index (κ2) is 6.57. The maximum Gasteiger partial charge on any atom is 0.254 e. The number of rotatable bonds is 1. The van der Waals surface area contributed by atoms with E-state index in [0.29, 0.717) is 12.1 Å². The van der Waals surface area contributed by atoms with Crippen LogP contribution in [0.25, 0.3) is 0 Å². The molecule has 1 aliphatic heterocycles. The summed E-state index contributed by atoms with van der Waals surface area (Å²) < 4.78 is 13.0. The predicted molar refractivity (Wildman–Crippen MR) is 67.0 cm³/mol. The number of nitrogens with one attached hydrogen (secondary N) is 1. The van der Waals surface area contributed by atoms with Crippen molar-refractivity contribution in [2.75, 3.05) is 26.2 Å². The van der Waals surface area contributed by atoms with Crippen molar-refractivity contribution in [2.45, 2.75) is 6.42 Å². The van der Waals surface area contributed by atoms with Crippen molar-refractivity contribution >= 4 is 18.3 Å². The van der Waals surface area contributed by atoms with Crippen molar-refractivity contribution in [3.8, 4) is 0 Å². The molecule has 0 saturated carbocycles. The number of benzene rings is 1. The van der Waals surface area contributed by atoms with Crippen molar-refractivity contribution < 1.29 is 9.18 Å². The minimum Gasteiger partial charge on any atom is -0.337 e. The molecule has 5 heteroatoms. The number of hydrogen-bond acceptors (Lipinski definition) is 2. The fourth-order valence-corrected chi connectivity index (χ4v) is 1.85. The van der Waals surface area contributed by atoms with E-state index in [1.54, 1.807) is 17.0 Å². The molecular weight excluding hydrogens is 243 g/mol. The quantitative estimate of drug-likeness (QED) is 0.831. The zero-order valence-corrected chi connectivity index (χ0v) is 10.3. The zero-order chi connectivity index (χ0) is 11.4. The maximum atomic E-state index is 13.0. The molecule has 0 spiro atoms. The number of hydrogen-bond donors (Lipinski definition) is 1. The molecule has 0 aromatic heterocycles. The van der Waals surface area contributed by atoms with Gasteiger partial charge in [0.15, 0.2) is 0 Å². The number of amides is 1. The Bertz CT molecular complexity index is 379. The third-order valence-corrected chi connectivity index (χ3v) is 2.70. The summed E-state index contributed by atoms with van der Waals surface area (Å²) in [5.41, 5.74) is 0.432. The molecule has 94 valence electrons. The minimum atomic E-state index is -0.362. The van der Waals surface area contributed by atoms with Gasteiger partial charge in [-0.2, -0.15) is 0 Å². The van der Waals surface area contributed by atoms with Crippen LogP contribution in [-0.4, -0.2) is 37.0 Å². The topological polar surface area (TPSA) is 32.3 Å². The number of halogens is 2. The summed E-state index contributed by atoms with van der Waals surface area (Å²) in [6.07, 6.45) is 0.945. The van der Waals surface area contributed by atoms with E-state index < -0.39 is 0 Å². The summed E-state index contributed by atoms with van der Waals surface area (Å²) in [7, 11) is 0. The van der Waals surface area contributed by atoms with Gasteiger partial charge in [-0.1, -0.05) is 6.07 Å². The first-order chi connectivity index (χ1) is 7.77. The number of nitrogens with zero attached hydrogens (tertiary/aromatic N) is 1. The van der Waals surface area contributed by atoms with Crippen molar-refractivity contribution in [2.24, 2.45) is 0 Å². The van der Waals surface area contributed by atoms with Gasteiger partial charge in [-0.25, -0.2) is 4.39 Å². The lowest BCUT2D eigenvalue weighted by atomic mass is 10.2. The Hall–Kier alpha value is -1.13. The lowest BCUT2D eigenvalue weighted by Gasteiger charge is -2.19. The Balaban J connectivity index is 0.00000144. The normalized spacial score (nSPS) is 15.9. The highest BCUT2D eigenvalue weighted by molar-refractivity contribution is 5.94. The first kappa shape index (κ1) is 13.9. The number of carbonyl (C=O) groups is 1. The second-order valence-corrected chi connectivity index (χ2v) is 3.91. The van der Waals surface area contributed by atoms with E-state index in [2.05, 4.69) is 5.32 Å². The van der Waals surface area contributed by atoms with Gasteiger partial charge in [-0.3, -0.25) is 4.79 Å². The highest BCUT2D eigenvalue weighted by atomic mass is 35.5. The molecule has 3 nitrogen and oxygen atoms in total. The summed E-state index contributed by atoms with van der Waals surface area (Å²) >= 11 is 0. The molecule has 1 amide bonds. The minimum absolute atomic E-state index is 0. The Morgan fingerprint density at radius 3 is 2.88 bits per heavy atom. The molecule has 2 rings (SSSR count). The van der Waals surface area contributed by atoms with E-state index in [0.717, 1.165) is 26.1 Å². The average Bonchev–Trinajstić information content (AvgIpc) is 2.56.